The van der Waals surface area contributed by atoms with Gasteiger partial charge < -0.3 is 15.2 Å². The van der Waals surface area contributed by atoms with Crippen LogP contribution in [0.1, 0.15) is 53.4 Å². The van der Waals surface area contributed by atoms with Crippen molar-refractivity contribution in [2.45, 2.75) is 70.4 Å². The Bertz CT molecular complexity index is 410. The summed E-state index contributed by atoms with van der Waals surface area (Å²) in [5.41, 5.74) is -2.37. The number of aliphatic carboxylic acids is 1. The molecule has 1 atom stereocenters. The number of hydrogen-bond donors (Lipinski definition) is 2. The summed E-state index contributed by atoms with van der Waals surface area (Å²) in [6.07, 6.45) is -1.49. The van der Waals surface area contributed by atoms with Crippen molar-refractivity contribution < 1.29 is 28.2 Å². The van der Waals surface area contributed by atoms with Crippen LogP contribution in [0.4, 0.5) is 13.6 Å². The first-order valence-corrected chi connectivity index (χ1v) is 6.98. The molecule has 0 aliphatic heterocycles. The molecule has 0 spiro atoms. The Morgan fingerprint density at radius 2 is 1.67 bits per heavy atom. The van der Waals surface area contributed by atoms with E-state index in [1.165, 1.54) is 6.92 Å². The van der Waals surface area contributed by atoms with E-state index in [4.69, 9.17) is 4.74 Å². The largest absolute Gasteiger partial charge is 0.480 e. The van der Waals surface area contributed by atoms with Gasteiger partial charge in [0.2, 0.25) is 5.92 Å². The number of ether oxygens (including phenoxy) is 1. The number of alkyl halides is 2. The third kappa shape index (κ3) is 4.82. The lowest BCUT2D eigenvalue weighted by Crippen LogP contribution is -2.59. The molecule has 21 heavy (non-hydrogen) atoms. The fourth-order valence-electron chi connectivity index (χ4n) is 2.46. The van der Waals surface area contributed by atoms with Gasteiger partial charge in [-0.3, -0.25) is 0 Å². The molecule has 1 saturated carbocycles. The van der Waals surface area contributed by atoms with Gasteiger partial charge in [0.25, 0.3) is 0 Å². The zero-order valence-electron chi connectivity index (χ0n) is 12.8. The molecule has 5 nitrogen and oxygen atoms in total. The number of alkyl carbamates (subject to hydrolysis) is 1. The zero-order valence-corrected chi connectivity index (χ0v) is 12.8. The second kappa shape index (κ2) is 5.77. The monoisotopic (exact) mass is 307 g/mol. The normalized spacial score (nSPS) is 22.2. The van der Waals surface area contributed by atoms with E-state index < -0.39 is 35.0 Å². The maximum absolute atomic E-state index is 13.2. The average molecular weight is 307 g/mol. The zero-order chi connectivity index (χ0) is 16.5. The van der Waals surface area contributed by atoms with Crippen molar-refractivity contribution in [2.75, 3.05) is 0 Å². The van der Waals surface area contributed by atoms with Crippen molar-refractivity contribution in [3.8, 4) is 0 Å². The highest BCUT2D eigenvalue weighted by atomic mass is 19.3. The number of carbonyl (C=O) groups is 2. The van der Waals surface area contributed by atoms with E-state index in [2.05, 4.69) is 5.32 Å². The van der Waals surface area contributed by atoms with Gasteiger partial charge >= 0.3 is 12.1 Å². The maximum atomic E-state index is 13.2. The minimum Gasteiger partial charge on any atom is -0.480 e. The molecule has 1 unspecified atom stereocenters. The molecule has 1 rings (SSSR count). The lowest BCUT2D eigenvalue weighted by molar-refractivity contribution is -0.149. The summed E-state index contributed by atoms with van der Waals surface area (Å²) < 4.78 is 31.4. The standard InChI is InChI=1S/C14H23F2NO4/c1-12(2,3)21-11(20)17-13(4,10(18)19)9-5-7-14(15,16)8-6-9/h9H,5-8H2,1-4H3,(H,17,20)(H,18,19). The number of hydrogen-bond acceptors (Lipinski definition) is 3. The van der Waals surface area contributed by atoms with Crippen LogP contribution in [0, 0.1) is 5.92 Å². The molecule has 0 heterocycles. The molecule has 1 aliphatic carbocycles. The SMILES string of the molecule is CC(C)(C)OC(=O)NC(C)(C(=O)O)C1CCC(F)(F)CC1. The summed E-state index contributed by atoms with van der Waals surface area (Å²) >= 11 is 0. The van der Waals surface area contributed by atoms with Crippen molar-refractivity contribution in [1.82, 2.24) is 5.32 Å². The van der Waals surface area contributed by atoms with Crippen LogP contribution in [0.15, 0.2) is 0 Å². The molecule has 1 fully saturated rings. The van der Waals surface area contributed by atoms with Crippen molar-refractivity contribution in [1.29, 1.82) is 0 Å². The van der Waals surface area contributed by atoms with Gasteiger partial charge in [0, 0.05) is 12.8 Å². The number of carboxylic acid groups (broad SMARTS) is 1. The molecule has 0 bridgehead atoms. The molecular formula is C14H23F2NO4. The third-order valence-electron chi connectivity index (χ3n) is 3.74. The van der Waals surface area contributed by atoms with Crippen LogP contribution in [0.3, 0.4) is 0 Å². The molecule has 122 valence electrons. The average Bonchev–Trinajstić information content (AvgIpc) is 2.25. The number of nitrogens with one attached hydrogen (secondary N) is 1. The lowest BCUT2D eigenvalue weighted by atomic mass is 9.74. The highest BCUT2D eigenvalue weighted by Gasteiger charge is 2.48. The minimum absolute atomic E-state index is 0.0472. The second-order valence-corrected chi connectivity index (χ2v) is 6.76. The quantitative estimate of drug-likeness (QED) is 0.839. The van der Waals surface area contributed by atoms with Gasteiger partial charge in [-0.05, 0) is 46.5 Å². The molecule has 0 saturated heterocycles. The van der Waals surface area contributed by atoms with Crippen LogP contribution >= 0.6 is 0 Å². The summed E-state index contributed by atoms with van der Waals surface area (Å²) in [6.45, 7) is 6.32. The molecule has 0 aromatic rings. The van der Waals surface area contributed by atoms with E-state index >= 15 is 0 Å². The predicted octanol–water partition coefficient (Wildman–Crippen LogP) is 3.18. The summed E-state index contributed by atoms with van der Waals surface area (Å²) in [4.78, 5) is 23.3. The molecule has 0 radical (unpaired) electrons. The number of carbonyl (C=O) groups excluding carboxylic acids is 1. The number of carboxylic acids is 1. The highest BCUT2D eigenvalue weighted by Crippen LogP contribution is 2.40. The summed E-state index contributed by atoms with van der Waals surface area (Å²) in [5.74, 6) is -4.55. The molecular weight excluding hydrogens is 284 g/mol. The molecule has 7 heteroatoms. The predicted molar refractivity (Wildman–Crippen MR) is 72.3 cm³/mol. The Hall–Kier alpha value is -1.40. The van der Waals surface area contributed by atoms with Gasteiger partial charge in [-0.25, -0.2) is 18.4 Å². The number of halogens is 2. The summed E-state index contributed by atoms with van der Waals surface area (Å²) in [6, 6.07) is 0. The van der Waals surface area contributed by atoms with Gasteiger partial charge in [0.15, 0.2) is 0 Å². The smallest absolute Gasteiger partial charge is 0.408 e. The van der Waals surface area contributed by atoms with Crippen LogP contribution in [0.5, 0.6) is 0 Å². The molecule has 1 amide bonds. The maximum Gasteiger partial charge on any atom is 0.408 e. The van der Waals surface area contributed by atoms with E-state index in [1.54, 1.807) is 20.8 Å². The number of rotatable bonds is 3. The minimum atomic E-state index is -2.75. The van der Waals surface area contributed by atoms with Gasteiger partial charge in [-0.15, -0.1) is 0 Å². The van der Waals surface area contributed by atoms with Crippen LogP contribution in [0.25, 0.3) is 0 Å². The fraction of sp³-hybridized carbons (Fsp3) is 0.857. The Morgan fingerprint density at radius 1 is 1.19 bits per heavy atom. The molecule has 2 N–H and O–H groups in total. The van der Waals surface area contributed by atoms with E-state index in [0.717, 1.165) is 0 Å². The van der Waals surface area contributed by atoms with E-state index in [9.17, 15) is 23.5 Å². The van der Waals surface area contributed by atoms with Crippen LogP contribution < -0.4 is 5.32 Å². The topological polar surface area (TPSA) is 75.6 Å². The Labute approximate surface area is 123 Å². The van der Waals surface area contributed by atoms with Crippen LogP contribution in [0.2, 0.25) is 0 Å². The summed E-state index contributed by atoms with van der Waals surface area (Å²) in [5, 5.41) is 11.7. The lowest BCUT2D eigenvalue weighted by Gasteiger charge is -2.39. The van der Waals surface area contributed by atoms with Crippen LogP contribution in [-0.4, -0.2) is 34.2 Å². The molecule has 1 aliphatic rings. The van der Waals surface area contributed by atoms with Gasteiger partial charge in [0.1, 0.15) is 11.1 Å². The third-order valence-corrected chi connectivity index (χ3v) is 3.74. The first-order valence-electron chi connectivity index (χ1n) is 6.98. The Morgan fingerprint density at radius 3 is 2.05 bits per heavy atom. The van der Waals surface area contributed by atoms with Crippen LogP contribution in [-0.2, 0) is 9.53 Å². The van der Waals surface area contributed by atoms with Gasteiger partial charge in [-0.2, -0.15) is 0 Å². The number of amides is 1. The van der Waals surface area contributed by atoms with Crippen molar-refractivity contribution in [3.05, 3.63) is 0 Å². The first kappa shape index (κ1) is 17.7. The fourth-order valence-corrected chi connectivity index (χ4v) is 2.46. The van der Waals surface area contributed by atoms with E-state index in [-0.39, 0.29) is 25.7 Å². The van der Waals surface area contributed by atoms with Gasteiger partial charge in [0.05, 0.1) is 0 Å². The Balaban J connectivity index is 2.80. The van der Waals surface area contributed by atoms with Gasteiger partial charge in [-0.1, -0.05) is 0 Å². The van der Waals surface area contributed by atoms with E-state index in [1.807, 2.05) is 0 Å². The molecule has 0 aromatic heterocycles. The first-order chi connectivity index (χ1) is 9.36. The molecule has 0 aromatic carbocycles. The Kier molecular flexibility index (Phi) is 4.85. The van der Waals surface area contributed by atoms with Crippen molar-refractivity contribution >= 4 is 12.1 Å². The second-order valence-electron chi connectivity index (χ2n) is 6.76. The van der Waals surface area contributed by atoms with E-state index in [0.29, 0.717) is 0 Å². The summed E-state index contributed by atoms with van der Waals surface area (Å²) in [7, 11) is 0. The van der Waals surface area contributed by atoms with Crippen molar-refractivity contribution in [3.63, 3.8) is 0 Å². The van der Waals surface area contributed by atoms with Crippen molar-refractivity contribution in [2.24, 2.45) is 5.92 Å². The highest BCUT2D eigenvalue weighted by molar-refractivity contribution is 5.84.